The van der Waals surface area contributed by atoms with Crippen molar-refractivity contribution in [2.24, 2.45) is 11.7 Å². The number of nitrogens with zero attached hydrogens (tertiary/aromatic N) is 1. The average molecular weight is 364 g/mol. The van der Waals surface area contributed by atoms with Crippen LogP contribution in [-0.4, -0.2) is 58.4 Å². The molecule has 5 N–H and O–H groups in total. The van der Waals surface area contributed by atoms with E-state index >= 15 is 0 Å². The van der Waals surface area contributed by atoms with Gasteiger partial charge in [0.15, 0.2) is 0 Å². The van der Waals surface area contributed by atoms with Crippen molar-refractivity contribution >= 4 is 24.4 Å². The lowest BCUT2D eigenvalue weighted by Gasteiger charge is -2.32. The zero-order valence-electron chi connectivity index (χ0n) is 14.0. The van der Waals surface area contributed by atoms with Crippen LogP contribution in [0.2, 0.25) is 0 Å². The van der Waals surface area contributed by atoms with Crippen molar-refractivity contribution in [1.82, 2.24) is 10.2 Å². The summed E-state index contributed by atoms with van der Waals surface area (Å²) in [5, 5.41) is 21.9. The minimum atomic E-state index is -1.19. The maximum Gasteiger partial charge on any atom is 0.407 e. The highest BCUT2D eigenvalue weighted by atomic mass is 35.5. The zero-order valence-corrected chi connectivity index (χ0v) is 14.8. The molecule has 0 spiro atoms. The standard InChI is InChI=1S/C16H29N3O4.ClH/c17-13(10-11-4-2-1-3-5-11)14(20)15(21)18-12-6-8-19(9-7-12)16(22)23;/h11-14,20H,1-10,17H2,(H,18,21)(H,22,23);1H. The summed E-state index contributed by atoms with van der Waals surface area (Å²) in [5.41, 5.74) is 6.02. The Balaban J connectivity index is 0.00000288. The number of carbonyl (C=O) groups excluding carboxylic acids is 1. The number of piperidine rings is 1. The van der Waals surface area contributed by atoms with Crippen LogP contribution in [0.5, 0.6) is 0 Å². The Hall–Kier alpha value is -1.05. The van der Waals surface area contributed by atoms with E-state index in [1.165, 1.54) is 24.2 Å². The van der Waals surface area contributed by atoms with Gasteiger partial charge in [-0.15, -0.1) is 12.4 Å². The van der Waals surface area contributed by atoms with E-state index in [-0.39, 0.29) is 18.4 Å². The largest absolute Gasteiger partial charge is 0.465 e. The molecular weight excluding hydrogens is 334 g/mol. The fourth-order valence-electron chi connectivity index (χ4n) is 3.63. The minimum absolute atomic E-state index is 0. The van der Waals surface area contributed by atoms with Crippen LogP contribution in [0, 0.1) is 5.92 Å². The fraction of sp³-hybridized carbons (Fsp3) is 0.875. The maximum atomic E-state index is 12.1. The summed E-state index contributed by atoms with van der Waals surface area (Å²) < 4.78 is 0. The van der Waals surface area contributed by atoms with Crippen molar-refractivity contribution in [1.29, 1.82) is 0 Å². The second-order valence-electron chi connectivity index (χ2n) is 6.90. The maximum absolute atomic E-state index is 12.1. The van der Waals surface area contributed by atoms with Gasteiger partial charge in [-0.05, 0) is 25.2 Å². The first kappa shape index (κ1) is 21.0. The average Bonchev–Trinajstić information content (AvgIpc) is 2.55. The molecule has 1 saturated carbocycles. The number of carboxylic acid groups (broad SMARTS) is 1. The predicted molar refractivity (Wildman–Crippen MR) is 93.2 cm³/mol. The van der Waals surface area contributed by atoms with Gasteiger partial charge in [-0.3, -0.25) is 4.79 Å². The lowest BCUT2D eigenvalue weighted by Crippen LogP contribution is -2.52. The van der Waals surface area contributed by atoms with Crippen molar-refractivity contribution in [2.75, 3.05) is 13.1 Å². The summed E-state index contributed by atoms with van der Waals surface area (Å²) in [5.74, 6) is 0.0853. The van der Waals surface area contributed by atoms with E-state index in [0.29, 0.717) is 38.3 Å². The van der Waals surface area contributed by atoms with Gasteiger partial charge in [0.25, 0.3) is 5.91 Å². The van der Waals surface area contributed by atoms with E-state index < -0.39 is 24.1 Å². The quantitative estimate of drug-likeness (QED) is 0.588. The number of carbonyl (C=O) groups is 2. The number of rotatable bonds is 5. The van der Waals surface area contributed by atoms with E-state index in [1.807, 2.05) is 0 Å². The van der Waals surface area contributed by atoms with Crippen LogP contribution >= 0.6 is 12.4 Å². The SMILES string of the molecule is Cl.NC(CC1CCCCC1)C(O)C(=O)NC1CCN(C(=O)O)CC1. The van der Waals surface area contributed by atoms with Gasteiger partial charge in [0.2, 0.25) is 0 Å². The first-order valence-corrected chi connectivity index (χ1v) is 8.69. The smallest absolute Gasteiger partial charge is 0.407 e. The molecule has 2 amide bonds. The van der Waals surface area contributed by atoms with Gasteiger partial charge in [-0.1, -0.05) is 32.1 Å². The second kappa shape index (κ2) is 10.1. The lowest BCUT2D eigenvalue weighted by molar-refractivity contribution is -0.131. The molecule has 0 aromatic rings. The van der Waals surface area contributed by atoms with Crippen LogP contribution in [0.1, 0.15) is 51.4 Å². The van der Waals surface area contributed by atoms with Crippen LogP contribution in [0.25, 0.3) is 0 Å². The lowest BCUT2D eigenvalue weighted by atomic mass is 9.84. The van der Waals surface area contributed by atoms with Crippen molar-refractivity contribution in [3.8, 4) is 0 Å². The molecule has 0 aromatic carbocycles. The molecular formula is C16H30ClN3O4. The topological polar surface area (TPSA) is 116 Å². The fourth-order valence-corrected chi connectivity index (χ4v) is 3.63. The molecule has 1 heterocycles. The molecule has 2 fully saturated rings. The Bertz CT molecular complexity index is 410. The number of nitrogens with one attached hydrogen (secondary N) is 1. The molecule has 7 nitrogen and oxygen atoms in total. The first-order valence-electron chi connectivity index (χ1n) is 8.69. The highest BCUT2D eigenvalue weighted by molar-refractivity contribution is 5.85. The van der Waals surface area contributed by atoms with Crippen LogP contribution in [-0.2, 0) is 4.79 Å². The van der Waals surface area contributed by atoms with Gasteiger partial charge in [0.1, 0.15) is 6.10 Å². The molecule has 0 radical (unpaired) electrons. The second-order valence-corrected chi connectivity index (χ2v) is 6.90. The third kappa shape index (κ3) is 6.11. The first-order chi connectivity index (χ1) is 11.0. The molecule has 2 atom stereocenters. The molecule has 2 aliphatic rings. The van der Waals surface area contributed by atoms with E-state index in [1.54, 1.807) is 0 Å². The Kier molecular flexibility index (Phi) is 8.80. The molecule has 0 bridgehead atoms. The minimum Gasteiger partial charge on any atom is -0.465 e. The van der Waals surface area contributed by atoms with Crippen molar-refractivity contribution in [2.45, 2.75) is 69.6 Å². The van der Waals surface area contributed by atoms with E-state index in [4.69, 9.17) is 10.8 Å². The van der Waals surface area contributed by atoms with E-state index in [9.17, 15) is 14.7 Å². The Morgan fingerprint density at radius 2 is 1.71 bits per heavy atom. The third-order valence-corrected chi connectivity index (χ3v) is 5.12. The van der Waals surface area contributed by atoms with Gasteiger partial charge < -0.3 is 26.2 Å². The molecule has 2 unspecified atom stereocenters. The Morgan fingerprint density at radius 1 is 1.12 bits per heavy atom. The van der Waals surface area contributed by atoms with Crippen molar-refractivity contribution < 1.29 is 19.8 Å². The number of aliphatic hydroxyl groups excluding tert-OH is 1. The summed E-state index contributed by atoms with van der Waals surface area (Å²) in [6, 6.07) is -0.619. The summed E-state index contributed by atoms with van der Waals surface area (Å²) >= 11 is 0. The molecule has 0 aromatic heterocycles. The summed E-state index contributed by atoms with van der Waals surface area (Å²) in [4.78, 5) is 24.3. The summed E-state index contributed by atoms with van der Waals surface area (Å²) in [6.45, 7) is 0.814. The Morgan fingerprint density at radius 3 is 2.25 bits per heavy atom. The number of nitrogens with two attached hydrogens (primary N) is 1. The number of hydrogen-bond donors (Lipinski definition) is 4. The van der Waals surface area contributed by atoms with Crippen LogP contribution < -0.4 is 11.1 Å². The highest BCUT2D eigenvalue weighted by Gasteiger charge is 2.29. The normalized spacial score (nSPS) is 22.3. The summed E-state index contributed by atoms with van der Waals surface area (Å²) in [6.07, 6.45) is 5.68. The molecule has 1 aliphatic heterocycles. The predicted octanol–water partition coefficient (Wildman–Crippen LogP) is 1.33. The Labute approximate surface area is 149 Å². The number of aliphatic hydroxyl groups is 1. The van der Waals surface area contributed by atoms with Crippen LogP contribution in [0.4, 0.5) is 4.79 Å². The van der Waals surface area contributed by atoms with Crippen LogP contribution in [0.3, 0.4) is 0 Å². The van der Waals surface area contributed by atoms with Crippen molar-refractivity contribution in [3.05, 3.63) is 0 Å². The molecule has 1 aliphatic carbocycles. The van der Waals surface area contributed by atoms with Gasteiger partial charge >= 0.3 is 6.09 Å². The molecule has 2 rings (SSSR count). The molecule has 8 heteroatoms. The number of amides is 2. The highest BCUT2D eigenvalue weighted by Crippen LogP contribution is 2.27. The monoisotopic (exact) mass is 363 g/mol. The van der Waals surface area contributed by atoms with Gasteiger partial charge in [-0.2, -0.15) is 0 Å². The van der Waals surface area contributed by atoms with E-state index in [0.717, 1.165) is 12.8 Å². The molecule has 24 heavy (non-hydrogen) atoms. The summed E-state index contributed by atoms with van der Waals surface area (Å²) in [7, 11) is 0. The van der Waals surface area contributed by atoms with Crippen molar-refractivity contribution in [3.63, 3.8) is 0 Å². The van der Waals surface area contributed by atoms with Crippen LogP contribution in [0.15, 0.2) is 0 Å². The van der Waals surface area contributed by atoms with Gasteiger partial charge in [0, 0.05) is 25.2 Å². The number of likely N-dealkylation sites (tertiary alicyclic amines) is 1. The molecule has 140 valence electrons. The van der Waals surface area contributed by atoms with Gasteiger partial charge in [-0.25, -0.2) is 4.79 Å². The van der Waals surface area contributed by atoms with E-state index in [2.05, 4.69) is 5.32 Å². The van der Waals surface area contributed by atoms with Gasteiger partial charge in [0.05, 0.1) is 0 Å². The number of halogens is 1. The molecule has 1 saturated heterocycles. The number of hydrogen-bond acceptors (Lipinski definition) is 4. The zero-order chi connectivity index (χ0) is 16.8. The third-order valence-electron chi connectivity index (χ3n) is 5.12.